The summed E-state index contributed by atoms with van der Waals surface area (Å²) in [7, 11) is 0. The summed E-state index contributed by atoms with van der Waals surface area (Å²) in [5.74, 6) is 0.610. The SMILES string of the molecule is CCC(C)C1CN(CCCOCC(F)(F)F)C(C)CCN1. The molecule has 0 saturated carbocycles. The fourth-order valence-electron chi connectivity index (χ4n) is 2.69. The Morgan fingerprint density at radius 1 is 1.38 bits per heavy atom. The minimum absolute atomic E-state index is 0.171. The van der Waals surface area contributed by atoms with Crippen LogP contribution in [0.2, 0.25) is 0 Å². The molecule has 126 valence electrons. The number of hydrogen-bond acceptors (Lipinski definition) is 3. The van der Waals surface area contributed by atoms with Crippen molar-refractivity contribution < 1.29 is 17.9 Å². The Morgan fingerprint density at radius 3 is 2.71 bits per heavy atom. The number of nitrogens with one attached hydrogen (secondary N) is 1. The van der Waals surface area contributed by atoms with Gasteiger partial charge in [-0.25, -0.2) is 0 Å². The Kier molecular flexibility index (Phi) is 7.98. The third-order valence-electron chi connectivity index (χ3n) is 4.35. The molecule has 0 aromatic rings. The normalized spacial score (nSPS) is 26.6. The van der Waals surface area contributed by atoms with Crippen LogP contribution in [0, 0.1) is 5.92 Å². The van der Waals surface area contributed by atoms with E-state index >= 15 is 0 Å². The quantitative estimate of drug-likeness (QED) is 0.732. The van der Waals surface area contributed by atoms with Crippen LogP contribution in [0.5, 0.6) is 0 Å². The van der Waals surface area contributed by atoms with Gasteiger partial charge < -0.3 is 10.1 Å². The molecule has 3 nitrogen and oxygen atoms in total. The van der Waals surface area contributed by atoms with Crippen molar-refractivity contribution in [1.29, 1.82) is 0 Å². The van der Waals surface area contributed by atoms with Gasteiger partial charge in [-0.1, -0.05) is 20.3 Å². The summed E-state index contributed by atoms with van der Waals surface area (Å²) in [6.07, 6.45) is -1.36. The molecule has 0 radical (unpaired) electrons. The van der Waals surface area contributed by atoms with Crippen LogP contribution >= 0.6 is 0 Å². The van der Waals surface area contributed by atoms with Crippen molar-refractivity contribution in [2.75, 3.05) is 32.8 Å². The third-order valence-corrected chi connectivity index (χ3v) is 4.35. The van der Waals surface area contributed by atoms with E-state index in [9.17, 15) is 13.2 Å². The number of ether oxygens (including phenoxy) is 1. The molecule has 21 heavy (non-hydrogen) atoms. The molecule has 1 rings (SSSR count). The molecule has 0 spiro atoms. The lowest BCUT2D eigenvalue weighted by Gasteiger charge is -2.31. The van der Waals surface area contributed by atoms with Gasteiger partial charge in [-0.05, 0) is 32.2 Å². The molecule has 0 aromatic heterocycles. The minimum Gasteiger partial charge on any atom is -0.372 e. The molecule has 1 saturated heterocycles. The zero-order valence-corrected chi connectivity index (χ0v) is 13.4. The molecule has 6 heteroatoms. The van der Waals surface area contributed by atoms with Crippen molar-refractivity contribution in [1.82, 2.24) is 10.2 Å². The van der Waals surface area contributed by atoms with Crippen LogP contribution in [-0.2, 0) is 4.74 Å². The molecular weight excluding hydrogens is 281 g/mol. The molecule has 0 aromatic carbocycles. The maximum Gasteiger partial charge on any atom is 0.411 e. The monoisotopic (exact) mass is 310 g/mol. The van der Waals surface area contributed by atoms with Crippen molar-refractivity contribution in [3.05, 3.63) is 0 Å². The predicted molar refractivity (Wildman–Crippen MR) is 78.4 cm³/mol. The predicted octanol–water partition coefficient (Wildman–Crippen LogP) is 3.05. The lowest BCUT2D eigenvalue weighted by atomic mass is 9.99. The molecule has 3 unspecified atom stereocenters. The molecule has 1 fully saturated rings. The first-order valence-corrected chi connectivity index (χ1v) is 7.95. The molecule has 0 aliphatic carbocycles. The fraction of sp³-hybridized carbons (Fsp3) is 1.00. The van der Waals surface area contributed by atoms with E-state index in [1.54, 1.807) is 0 Å². The van der Waals surface area contributed by atoms with E-state index in [0.717, 1.165) is 32.5 Å². The van der Waals surface area contributed by atoms with Crippen LogP contribution in [0.1, 0.15) is 40.0 Å². The Balaban J connectivity index is 2.33. The van der Waals surface area contributed by atoms with E-state index < -0.39 is 12.8 Å². The van der Waals surface area contributed by atoms with Crippen molar-refractivity contribution in [2.24, 2.45) is 5.92 Å². The van der Waals surface area contributed by atoms with Gasteiger partial charge in [-0.2, -0.15) is 13.2 Å². The van der Waals surface area contributed by atoms with Crippen LogP contribution in [0.25, 0.3) is 0 Å². The molecule has 0 bridgehead atoms. The topological polar surface area (TPSA) is 24.5 Å². The largest absolute Gasteiger partial charge is 0.411 e. The fourth-order valence-corrected chi connectivity index (χ4v) is 2.69. The van der Waals surface area contributed by atoms with E-state index in [1.807, 2.05) is 0 Å². The van der Waals surface area contributed by atoms with Gasteiger partial charge in [0.15, 0.2) is 0 Å². The summed E-state index contributed by atoms with van der Waals surface area (Å²) in [5, 5.41) is 3.59. The first-order chi connectivity index (χ1) is 9.83. The second-order valence-corrected chi connectivity index (χ2v) is 6.10. The van der Waals surface area contributed by atoms with Crippen LogP contribution in [0.15, 0.2) is 0 Å². The van der Waals surface area contributed by atoms with Gasteiger partial charge in [-0.15, -0.1) is 0 Å². The Morgan fingerprint density at radius 2 is 2.10 bits per heavy atom. The molecule has 1 N–H and O–H groups in total. The van der Waals surface area contributed by atoms with Crippen molar-refractivity contribution in [3.63, 3.8) is 0 Å². The van der Waals surface area contributed by atoms with Gasteiger partial charge in [0, 0.05) is 31.8 Å². The number of halogens is 3. The first kappa shape index (κ1) is 18.7. The molecule has 1 aliphatic heterocycles. The van der Waals surface area contributed by atoms with Crippen LogP contribution < -0.4 is 5.32 Å². The summed E-state index contributed by atoms with van der Waals surface area (Å²) in [4.78, 5) is 2.38. The number of nitrogens with zero attached hydrogens (tertiary/aromatic N) is 1. The summed E-state index contributed by atoms with van der Waals surface area (Å²) in [5.41, 5.74) is 0. The number of hydrogen-bond donors (Lipinski definition) is 1. The maximum atomic E-state index is 12.0. The minimum atomic E-state index is -4.22. The highest BCUT2D eigenvalue weighted by Gasteiger charge is 2.28. The third kappa shape index (κ3) is 7.47. The van der Waals surface area contributed by atoms with Gasteiger partial charge >= 0.3 is 6.18 Å². The summed E-state index contributed by atoms with van der Waals surface area (Å²) >= 11 is 0. The van der Waals surface area contributed by atoms with Gasteiger partial charge in [0.25, 0.3) is 0 Å². The second-order valence-electron chi connectivity index (χ2n) is 6.10. The standard InChI is InChI=1S/C15H29F3N2O/c1-4-12(2)14-10-20(13(3)6-7-19-14)8-5-9-21-11-15(16,17)18/h12-14,19H,4-11H2,1-3H3. The van der Waals surface area contributed by atoms with E-state index in [0.29, 0.717) is 24.4 Å². The Hall–Kier alpha value is -0.330. The summed E-state index contributed by atoms with van der Waals surface area (Å²) in [6.45, 7) is 8.44. The Bertz CT molecular complexity index is 287. The van der Waals surface area contributed by atoms with Crippen LogP contribution in [-0.4, -0.2) is 56.0 Å². The lowest BCUT2D eigenvalue weighted by Crippen LogP contribution is -2.44. The van der Waals surface area contributed by atoms with E-state index in [4.69, 9.17) is 0 Å². The highest BCUT2D eigenvalue weighted by molar-refractivity contribution is 4.83. The van der Waals surface area contributed by atoms with Crippen molar-refractivity contribution in [2.45, 2.75) is 58.3 Å². The summed E-state index contributed by atoms with van der Waals surface area (Å²) in [6, 6.07) is 0.935. The average Bonchev–Trinajstić information content (AvgIpc) is 2.59. The second kappa shape index (κ2) is 8.96. The van der Waals surface area contributed by atoms with Crippen molar-refractivity contribution in [3.8, 4) is 0 Å². The van der Waals surface area contributed by atoms with Gasteiger partial charge in [0.05, 0.1) is 0 Å². The average molecular weight is 310 g/mol. The van der Waals surface area contributed by atoms with Crippen LogP contribution in [0.3, 0.4) is 0 Å². The Labute approximate surface area is 126 Å². The van der Waals surface area contributed by atoms with E-state index in [2.05, 4.69) is 35.7 Å². The first-order valence-electron chi connectivity index (χ1n) is 7.95. The smallest absolute Gasteiger partial charge is 0.372 e. The molecule has 0 amide bonds. The zero-order valence-electron chi connectivity index (χ0n) is 13.4. The van der Waals surface area contributed by atoms with Crippen molar-refractivity contribution >= 4 is 0 Å². The highest BCUT2D eigenvalue weighted by Crippen LogP contribution is 2.17. The molecule has 1 aliphatic rings. The van der Waals surface area contributed by atoms with E-state index in [-0.39, 0.29) is 6.61 Å². The van der Waals surface area contributed by atoms with Crippen LogP contribution in [0.4, 0.5) is 13.2 Å². The van der Waals surface area contributed by atoms with E-state index in [1.165, 1.54) is 0 Å². The van der Waals surface area contributed by atoms with Gasteiger partial charge in [0.2, 0.25) is 0 Å². The molecular formula is C15H29F3N2O. The highest BCUT2D eigenvalue weighted by atomic mass is 19.4. The number of rotatable bonds is 7. The molecule has 1 heterocycles. The lowest BCUT2D eigenvalue weighted by molar-refractivity contribution is -0.174. The molecule has 3 atom stereocenters. The van der Waals surface area contributed by atoms with Gasteiger partial charge in [-0.3, -0.25) is 4.90 Å². The number of alkyl halides is 3. The maximum absolute atomic E-state index is 12.0. The zero-order chi connectivity index (χ0) is 15.9. The van der Waals surface area contributed by atoms with Gasteiger partial charge in [0.1, 0.15) is 6.61 Å². The summed E-state index contributed by atoms with van der Waals surface area (Å²) < 4.78 is 40.6.